The number of likely N-dealkylation sites (tertiary alicyclic amines) is 1. The van der Waals surface area contributed by atoms with Crippen molar-refractivity contribution in [1.29, 1.82) is 0 Å². The molecule has 0 radical (unpaired) electrons. The molecule has 1 unspecified atom stereocenters. The zero-order valence-corrected chi connectivity index (χ0v) is 22.7. The van der Waals surface area contributed by atoms with E-state index in [0.717, 1.165) is 24.8 Å². The number of rotatable bonds is 4. The van der Waals surface area contributed by atoms with Gasteiger partial charge in [-0.2, -0.15) is 0 Å². The molecule has 0 saturated carbocycles. The molecule has 5 heterocycles. The maximum absolute atomic E-state index is 13.6. The Balaban J connectivity index is 1.26. The first-order valence-corrected chi connectivity index (χ1v) is 13.8. The number of fused-ring (bicyclic) bond motifs is 1. The third-order valence-corrected chi connectivity index (χ3v) is 9.00. The molecule has 5 aliphatic heterocycles. The number of hydrogen-bond acceptors (Lipinski definition) is 10. The Labute approximate surface area is 231 Å². The molecular weight excluding hydrogens is 518 g/mol. The van der Waals surface area contributed by atoms with Crippen LogP contribution in [0.1, 0.15) is 49.0 Å². The van der Waals surface area contributed by atoms with Gasteiger partial charge in [-0.3, -0.25) is 15.8 Å². The van der Waals surface area contributed by atoms with Crippen molar-refractivity contribution in [3.63, 3.8) is 0 Å². The van der Waals surface area contributed by atoms with Gasteiger partial charge in [0, 0.05) is 18.7 Å². The van der Waals surface area contributed by atoms with Crippen LogP contribution in [0.15, 0.2) is 23.2 Å². The molecule has 0 aliphatic carbocycles. The smallest absolute Gasteiger partial charge is 0.346 e. The molecule has 5 aliphatic rings. The average Bonchev–Trinajstić information content (AvgIpc) is 3.61. The number of benzene rings is 1. The molecule has 216 valence electrons. The van der Waals surface area contributed by atoms with E-state index in [9.17, 15) is 19.8 Å². The van der Waals surface area contributed by atoms with Crippen molar-refractivity contribution in [3.8, 4) is 5.75 Å². The number of hydrogen-bond donors (Lipinski definition) is 8. The van der Waals surface area contributed by atoms with Crippen molar-refractivity contribution < 1.29 is 29.1 Å². The lowest BCUT2D eigenvalue weighted by molar-refractivity contribution is -0.623. The Kier molecular flexibility index (Phi) is 6.03. The third kappa shape index (κ3) is 3.84. The summed E-state index contributed by atoms with van der Waals surface area (Å²) in [5.41, 5.74) is 11.9. The molecule has 2 fully saturated rings. The van der Waals surface area contributed by atoms with Crippen LogP contribution in [-0.4, -0.2) is 106 Å². The first kappa shape index (κ1) is 26.4. The first-order chi connectivity index (χ1) is 19.0. The lowest BCUT2D eigenvalue weighted by Crippen LogP contribution is -2.79. The fourth-order valence-corrected chi connectivity index (χ4v) is 6.74. The molecule has 0 bridgehead atoms. The number of urea groups is 1. The van der Waals surface area contributed by atoms with Crippen molar-refractivity contribution in [2.45, 2.75) is 68.1 Å². The highest BCUT2D eigenvalue weighted by Gasteiger charge is 2.75. The van der Waals surface area contributed by atoms with E-state index in [-0.39, 0.29) is 36.5 Å². The van der Waals surface area contributed by atoms with Crippen LogP contribution in [0.2, 0.25) is 0 Å². The SMILES string of the molecule is CC1(C)CCOc2c(C(=O)NC3C[N+]4=C(N)N[C@@H](CNC(=O)N5CCCC5)[C@@H]5N=C(N)N[C@@]54C3(O)O)cccc21. The molecule has 4 atom stereocenters. The quantitative estimate of drug-likeness (QED) is 0.147. The van der Waals surface area contributed by atoms with Crippen molar-refractivity contribution >= 4 is 23.9 Å². The maximum atomic E-state index is 13.6. The van der Waals surface area contributed by atoms with Crippen LogP contribution in [0.5, 0.6) is 5.75 Å². The van der Waals surface area contributed by atoms with Crippen molar-refractivity contribution in [1.82, 2.24) is 26.2 Å². The van der Waals surface area contributed by atoms with Gasteiger partial charge in [-0.15, -0.1) is 0 Å². The number of carbonyl (C=O) groups is 2. The van der Waals surface area contributed by atoms with E-state index < -0.39 is 35.5 Å². The normalized spacial score (nSPS) is 31.1. The molecule has 1 aromatic carbocycles. The Morgan fingerprint density at radius 3 is 2.75 bits per heavy atom. The van der Waals surface area contributed by atoms with Gasteiger partial charge in [0.25, 0.3) is 5.91 Å². The zero-order valence-electron chi connectivity index (χ0n) is 22.7. The van der Waals surface area contributed by atoms with E-state index in [1.165, 1.54) is 4.58 Å². The molecule has 3 amide bonds. The summed E-state index contributed by atoms with van der Waals surface area (Å²) in [4.78, 5) is 32.4. The van der Waals surface area contributed by atoms with Crippen molar-refractivity contribution in [2.75, 3.05) is 32.8 Å². The van der Waals surface area contributed by atoms with E-state index in [1.807, 2.05) is 6.07 Å². The molecular formula is C26H38N9O5+. The zero-order chi connectivity index (χ0) is 28.4. The van der Waals surface area contributed by atoms with Crippen LogP contribution in [0.4, 0.5) is 4.79 Å². The highest BCUT2D eigenvalue weighted by atomic mass is 16.5. The summed E-state index contributed by atoms with van der Waals surface area (Å²) in [6.07, 6.45) is 2.74. The number of nitrogens with zero attached hydrogens (tertiary/aromatic N) is 3. The van der Waals surface area contributed by atoms with Gasteiger partial charge in [-0.1, -0.05) is 26.0 Å². The van der Waals surface area contributed by atoms with Crippen molar-refractivity contribution in [2.24, 2.45) is 16.5 Å². The fraction of sp³-hybridized carbons (Fsp3) is 0.615. The summed E-state index contributed by atoms with van der Waals surface area (Å²) < 4.78 is 7.44. The van der Waals surface area contributed by atoms with Gasteiger partial charge >= 0.3 is 12.0 Å². The average molecular weight is 557 g/mol. The summed E-state index contributed by atoms with van der Waals surface area (Å²) >= 11 is 0. The van der Waals surface area contributed by atoms with Gasteiger partial charge < -0.3 is 41.5 Å². The number of para-hydroxylation sites is 1. The standard InChI is InChI=1S/C26H37N9O5/c1-24(2)8-11-40-18-14(6-5-7-15(18)24)20(36)31-17-13-35-22(28)30-16(12-29-23(37)34-9-3-4-10-34)19-25(35,26(17,38)39)33-21(27)32-19/h5-7,16-17,19,38-39H,3-4,8-13H2,1-2H3,(H7,27,28,29,30,31,32,33,36,37)/p+1/t16-,17?,19-,25-/m0/s1. The molecule has 10 N–H and O–H groups in total. The van der Waals surface area contributed by atoms with E-state index in [2.05, 4.69) is 40.1 Å². The highest BCUT2D eigenvalue weighted by molar-refractivity contribution is 5.98. The molecule has 1 spiro atoms. The molecule has 1 aromatic rings. The minimum absolute atomic E-state index is 0.00502. The van der Waals surface area contributed by atoms with Crippen molar-refractivity contribution in [3.05, 3.63) is 29.3 Å². The minimum Gasteiger partial charge on any atom is -0.492 e. The summed E-state index contributed by atoms with van der Waals surface area (Å²) in [5, 5.41) is 35.2. The molecule has 2 saturated heterocycles. The van der Waals surface area contributed by atoms with Crippen LogP contribution in [0.3, 0.4) is 0 Å². The van der Waals surface area contributed by atoms with E-state index in [1.54, 1.807) is 17.0 Å². The second kappa shape index (κ2) is 9.13. The summed E-state index contributed by atoms with van der Waals surface area (Å²) in [6.45, 7) is 6.13. The number of nitrogens with one attached hydrogen (secondary N) is 4. The van der Waals surface area contributed by atoms with Gasteiger partial charge in [-0.25, -0.2) is 14.4 Å². The number of nitrogens with two attached hydrogens (primary N) is 2. The maximum Gasteiger partial charge on any atom is 0.346 e. The largest absolute Gasteiger partial charge is 0.492 e. The summed E-state index contributed by atoms with van der Waals surface area (Å²) in [6, 6.07) is 2.55. The second-order valence-electron chi connectivity index (χ2n) is 11.9. The van der Waals surface area contributed by atoms with E-state index in [0.29, 0.717) is 31.0 Å². The number of ether oxygens (including phenoxy) is 1. The Hall–Kier alpha value is -3.78. The number of amides is 3. The predicted octanol–water partition coefficient (Wildman–Crippen LogP) is -2.37. The monoisotopic (exact) mass is 556 g/mol. The third-order valence-electron chi connectivity index (χ3n) is 9.00. The lowest BCUT2D eigenvalue weighted by Gasteiger charge is -2.43. The Morgan fingerprint density at radius 2 is 2.00 bits per heavy atom. The van der Waals surface area contributed by atoms with Gasteiger partial charge in [0.15, 0.2) is 5.96 Å². The van der Waals surface area contributed by atoms with Crippen LogP contribution < -0.4 is 37.5 Å². The molecule has 40 heavy (non-hydrogen) atoms. The van der Waals surface area contributed by atoms with E-state index >= 15 is 0 Å². The number of guanidine groups is 2. The lowest BCUT2D eigenvalue weighted by atomic mass is 9.79. The van der Waals surface area contributed by atoms with Crippen LogP contribution in [-0.2, 0) is 5.41 Å². The van der Waals surface area contributed by atoms with Crippen LogP contribution in [0.25, 0.3) is 0 Å². The van der Waals surface area contributed by atoms with Gasteiger partial charge in [0.1, 0.15) is 23.9 Å². The number of aliphatic imine (C=N–C) groups is 1. The second-order valence-corrected chi connectivity index (χ2v) is 11.9. The summed E-state index contributed by atoms with van der Waals surface area (Å²) in [5.74, 6) is -2.43. The Bertz CT molecular complexity index is 1310. The topological polar surface area (TPSA) is 203 Å². The van der Waals surface area contributed by atoms with Crippen LogP contribution in [0, 0.1) is 0 Å². The van der Waals surface area contributed by atoms with Gasteiger partial charge in [-0.05, 0) is 30.7 Å². The van der Waals surface area contributed by atoms with Gasteiger partial charge in [0.05, 0.1) is 25.3 Å². The fourth-order valence-electron chi connectivity index (χ4n) is 6.74. The Morgan fingerprint density at radius 1 is 1.25 bits per heavy atom. The highest BCUT2D eigenvalue weighted by Crippen LogP contribution is 2.43. The summed E-state index contributed by atoms with van der Waals surface area (Å²) in [7, 11) is 0. The molecule has 14 nitrogen and oxygen atoms in total. The first-order valence-electron chi connectivity index (χ1n) is 13.8. The van der Waals surface area contributed by atoms with E-state index in [4.69, 9.17) is 16.2 Å². The predicted molar refractivity (Wildman–Crippen MR) is 145 cm³/mol. The number of aliphatic hydroxyl groups is 2. The van der Waals surface area contributed by atoms with Gasteiger partial charge in [0.2, 0.25) is 11.4 Å². The van der Waals surface area contributed by atoms with Crippen LogP contribution >= 0.6 is 0 Å². The molecule has 6 rings (SSSR count). The molecule has 0 aromatic heterocycles. The minimum atomic E-state index is -2.56. The number of carbonyl (C=O) groups excluding carboxylic acids is 2. The molecule has 14 heteroatoms.